The Bertz CT molecular complexity index is 868. The van der Waals surface area contributed by atoms with Crippen molar-refractivity contribution in [3.63, 3.8) is 0 Å². The van der Waals surface area contributed by atoms with Crippen LogP contribution in [-0.4, -0.2) is 66.4 Å². The van der Waals surface area contributed by atoms with Gasteiger partial charge in [-0.25, -0.2) is 0 Å². The van der Waals surface area contributed by atoms with E-state index in [0.717, 1.165) is 12.8 Å². The molecule has 1 unspecified atom stereocenters. The molecule has 1 aromatic heterocycles. The summed E-state index contributed by atoms with van der Waals surface area (Å²) in [5, 5.41) is 4.68. The number of hydrogen-bond acceptors (Lipinski definition) is 5. The van der Waals surface area contributed by atoms with E-state index < -0.39 is 0 Å². The number of benzene rings is 1. The van der Waals surface area contributed by atoms with E-state index in [1.54, 1.807) is 40.1 Å². The number of rotatable bonds is 4. The molecule has 8 heteroatoms. The number of anilines is 1. The Morgan fingerprint density at radius 1 is 1.00 bits per heavy atom. The number of carbonyl (C=O) groups is 3. The van der Waals surface area contributed by atoms with E-state index in [9.17, 15) is 14.4 Å². The van der Waals surface area contributed by atoms with Crippen LogP contribution in [0.1, 0.15) is 32.9 Å². The SMILES string of the molecule is O=C(Nc1ccc(C(=O)N2CCN(C(=O)C3CCCO3)CC2)cc1)c1cccs1. The van der Waals surface area contributed by atoms with Crippen LogP contribution in [0.5, 0.6) is 0 Å². The van der Waals surface area contributed by atoms with Crippen molar-refractivity contribution in [1.29, 1.82) is 0 Å². The topological polar surface area (TPSA) is 79.0 Å². The third kappa shape index (κ3) is 4.49. The first-order valence-electron chi connectivity index (χ1n) is 9.76. The van der Waals surface area contributed by atoms with Crippen LogP contribution >= 0.6 is 11.3 Å². The largest absolute Gasteiger partial charge is 0.368 e. The summed E-state index contributed by atoms with van der Waals surface area (Å²) >= 11 is 1.38. The van der Waals surface area contributed by atoms with E-state index in [-0.39, 0.29) is 23.8 Å². The molecule has 2 fully saturated rings. The van der Waals surface area contributed by atoms with Gasteiger partial charge in [-0.3, -0.25) is 14.4 Å². The first-order valence-corrected chi connectivity index (χ1v) is 10.6. The predicted molar refractivity (Wildman–Crippen MR) is 110 cm³/mol. The third-order valence-electron chi connectivity index (χ3n) is 5.22. The number of ether oxygens (including phenoxy) is 1. The average Bonchev–Trinajstić information content (AvgIpc) is 3.48. The van der Waals surface area contributed by atoms with Gasteiger partial charge in [0.25, 0.3) is 17.7 Å². The van der Waals surface area contributed by atoms with Gasteiger partial charge in [-0.05, 0) is 48.6 Å². The highest BCUT2D eigenvalue weighted by Gasteiger charge is 2.31. The maximum Gasteiger partial charge on any atom is 0.265 e. The molecule has 29 heavy (non-hydrogen) atoms. The van der Waals surface area contributed by atoms with E-state index in [0.29, 0.717) is 48.9 Å². The number of thiophene rings is 1. The van der Waals surface area contributed by atoms with Crippen LogP contribution in [0.25, 0.3) is 0 Å². The minimum atomic E-state index is -0.311. The van der Waals surface area contributed by atoms with Crippen molar-refractivity contribution in [3.05, 3.63) is 52.2 Å². The lowest BCUT2D eigenvalue weighted by atomic mass is 10.1. The number of nitrogens with one attached hydrogen (secondary N) is 1. The Balaban J connectivity index is 1.30. The molecule has 2 aromatic rings. The van der Waals surface area contributed by atoms with Crippen molar-refractivity contribution >= 4 is 34.7 Å². The van der Waals surface area contributed by atoms with Gasteiger partial charge in [0.2, 0.25) is 0 Å². The molecule has 1 atom stereocenters. The predicted octanol–water partition coefficient (Wildman–Crippen LogP) is 2.46. The standard InChI is InChI=1S/C21H23N3O4S/c25-19(18-4-2-14-29-18)22-16-7-5-15(6-8-16)20(26)23-9-11-24(12-10-23)21(27)17-3-1-13-28-17/h2,4-8,14,17H,1,3,9-13H2,(H,22,25). The molecular formula is C21H23N3O4S. The molecular weight excluding hydrogens is 390 g/mol. The Morgan fingerprint density at radius 2 is 1.72 bits per heavy atom. The zero-order valence-electron chi connectivity index (χ0n) is 16.0. The fourth-order valence-corrected chi connectivity index (χ4v) is 4.20. The molecule has 2 aliphatic heterocycles. The first kappa shape index (κ1) is 19.6. The lowest BCUT2D eigenvalue weighted by molar-refractivity contribution is -0.142. The molecule has 0 saturated carbocycles. The van der Waals surface area contributed by atoms with Gasteiger partial charge in [-0.1, -0.05) is 6.07 Å². The van der Waals surface area contributed by atoms with E-state index in [2.05, 4.69) is 5.32 Å². The third-order valence-corrected chi connectivity index (χ3v) is 6.09. The molecule has 1 N–H and O–H groups in total. The molecule has 3 amide bonds. The second-order valence-electron chi connectivity index (χ2n) is 7.13. The highest BCUT2D eigenvalue weighted by atomic mass is 32.1. The number of nitrogens with zero attached hydrogens (tertiary/aromatic N) is 2. The molecule has 0 aliphatic carbocycles. The van der Waals surface area contributed by atoms with Crippen molar-refractivity contribution in [2.75, 3.05) is 38.1 Å². The van der Waals surface area contributed by atoms with Gasteiger partial charge in [-0.15, -0.1) is 11.3 Å². The number of piperazine rings is 1. The summed E-state index contributed by atoms with van der Waals surface area (Å²) in [5.74, 6) is -0.183. The number of amides is 3. The molecule has 3 heterocycles. The normalized spacial score (nSPS) is 19.2. The maximum atomic E-state index is 12.8. The highest BCUT2D eigenvalue weighted by Crippen LogP contribution is 2.18. The van der Waals surface area contributed by atoms with E-state index in [1.807, 2.05) is 11.4 Å². The Morgan fingerprint density at radius 3 is 2.34 bits per heavy atom. The Hall–Kier alpha value is -2.71. The van der Waals surface area contributed by atoms with Crippen molar-refractivity contribution < 1.29 is 19.1 Å². The summed E-state index contributed by atoms with van der Waals surface area (Å²) < 4.78 is 5.47. The van der Waals surface area contributed by atoms with Crippen LogP contribution < -0.4 is 5.32 Å². The van der Waals surface area contributed by atoms with E-state index >= 15 is 0 Å². The van der Waals surface area contributed by atoms with Crippen molar-refractivity contribution in [1.82, 2.24) is 9.80 Å². The van der Waals surface area contributed by atoms with Crippen LogP contribution in [0.3, 0.4) is 0 Å². The lowest BCUT2D eigenvalue weighted by Crippen LogP contribution is -2.52. The summed E-state index contributed by atoms with van der Waals surface area (Å²) in [6, 6.07) is 10.5. The summed E-state index contributed by atoms with van der Waals surface area (Å²) in [5.41, 5.74) is 1.21. The van der Waals surface area contributed by atoms with Crippen LogP contribution in [0, 0.1) is 0 Å². The molecule has 4 rings (SSSR count). The number of carbonyl (C=O) groups excluding carboxylic acids is 3. The Labute approximate surface area is 173 Å². The van der Waals surface area contributed by atoms with Gasteiger partial charge in [0, 0.05) is 44.0 Å². The molecule has 7 nitrogen and oxygen atoms in total. The molecule has 2 aliphatic rings. The fourth-order valence-electron chi connectivity index (χ4n) is 3.59. The smallest absolute Gasteiger partial charge is 0.265 e. The van der Waals surface area contributed by atoms with E-state index in [1.165, 1.54) is 11.3 Å². The van der Waals surface area contributed by atoms with Crippen molar-refractivity contribution in [2.24, 2.45) is 0 Å². The molecule has 0 radical (unpaired) electrons. The van der Waals surface area contributed by atoms with Gasteiger partial charge in [0.05, 0.1) is 4.88 Å². The van der Waals surface area contributed by atoms with Crippen molar-refractivity contribution in [3.8, 4) is 0 Å². The van der Waals surface area contributed by atoms with Crippen LogP contribution in [0.15, 0.2) is 41.8 Å². The summed E-state index contributed by atoms with van der Waals surface area (Å²) in [6.45, 7) is 2.72. The monoisotopic (exact) mass is 413 g/mol. The molecule has 1 aromatic carbocycles. The van der Waals surface area contributed by atoms with E-state index in [4.69, 9.17) is 4.74 Å². The molecule has 0 spiro atoms. The second kappa shape index (κ2) is 8.75. The van der Waals surface area contributed by atoms with Gasteiger partial charge < -0.3 is 19.9 Å². The first-order chi connectivity index (χ1) is 14.1. The van der Waals surface area contributed by atoms with Gasteiger partial charge in [0.1, 0.15) is 6.10 Å². The second-order valence-corrected chi connectivity index (χ2v) is 8.08. The fraction of sp³-hybridized carbons (Fsp3) is 0.381. The molecule has 152 valence electrons. The van der Waals surface area contributed by atoms with Crippen LogP contribution in [0.2, 0.25) is 0 Å². The summed E-state index contributed by atoms with van der Waals surface area (Å²) in [7, 11) is 0. The summed E-state index contributed by atoms with van der Waals surface area (Å²) in [6.07, 6.45) is 1.40. The van der Waals surface area contributed by atoms with Gasteiger partial charge in [0.15, 0.2) is 0 Å². The lowest BCUT2D eigenvalue weighted by Gasteiger charge is -2.35. The van der Waals surface area contributed by atoms with Crippen LogP contribution in [-0.2, 0) is 9.53 Å². The van der Waals surface area contributed by atoms with Gasteiger partial charge >= 0.3 is 0 Å². The van der Waals surface area contributed by atoms with Gasteiger partial charge in [-0.2, -0.15) is 0 Å². The highest BCUT2D eigenvalue weighted by molar-refractivity contribution is 7.12. The van der Waals surface area contributed by atoms with Crippen molar-refractivity contribution in [2.45, 2.75) is 18.9 Å². The average molecular weight is 413 g/mol. The minimum absolute atomic E-state index is 0.0421. The zero-order valence-corrected chi connectivity index (χ0v) is 16.8. The molecule has 2 saturated heterocycles. The molecule has 0 bridgehead atoms. The summed E-state index contributed by atoms with van der Waals surface area (Å²) in [4.78, 5) is 41.5. The Kier molecular flexibility index (Phi) is 5.92. The van der Waals surface area contributed by atoms with Crippen LogP contribution in [0.4, 0.5) is 5.69 Å². The quantitative estimate of drug-likeness (QED) is 0.835. The minimum Gasteiger partial charge on any atom is -0.368 e. The maximum absolute atomic E-state index is 12.8. The zero-order chi connectivity index (χ0) is 20.2. The number of hydrogen-bond donors (Lipinski definition) is 1.